The van der Waals surface area contributed by atoms with Gasteiger partial charge in [0.05, 0.1) is 0 Å². The number of benzene rings is 1. The Morgan fingerprint density at radius 3 is 2.73 bits per heavy atom. The molecule has 2 N–H and O–H groups in total. The smallest absolute Gasteiger partial charge is 0.255 e. The number of anilines is 2. The van der Waals surface area contributed by atoms with E-state index in [0.29, 0.717) is 11.3 Å². The number of aromatic nitrogens is 1. The van der Waals surface area contributed by atoms with E-state index in [0.717, 1.165) is 24.5 Å². The summed E-state index contributed by atoms with van der Waals surface area (Å²) in [6, 6.07) is 8.43. The van der Waals surface area contributed by atoms with Gasteiger partial charge in [-0.2, -0.15) is 0 Å². The molecule has 22 heavy (non-hydrogen) atoms. The second-order valence-electron chi connectivity index (χ2n) is 5.55. The van der Waals surface area contributed by atoms with Crippen molar-refractivity contribution in [2.24, 2.45) is 0 Å². The van der Waals surface area contributed by atoms with E-state index >= 15 is 0 Å². The van der Waals surface area contributed by atoms with E-state index in [4.69, 9.17) is 0 Å². The van der Waals surface area contributed by atoms with Crippen LogP contribution in [0.5, 0.6) is 5.75 Å². The van der Waals surface area contributed by atoms with Gasteiger partial charge in [0.2, 0.25) is 0 Å². The zero-order chi connectivity index (χ0) is 15.5. The number of phenols is 1. The lowest BCUT2D eigenvalue weighted by molar-refractivity contribution is 0.102. The molecule has 1 amide bonds. The maximum atomic E-state index is 12.4. The van der Waals surface area contributed by atoms with Crippen molar-refractivity contribution in [3.05, 3.63) is 47.7 Å². The second kappa shape index (κ2) is 6.05. The predicted molar refractivity (Wildman–Crippen MR) is 86.5 cm³/mol. The van der Waals surface area contributed by atoms with Crippen molar-refractivity contribution in [1.82, 2.24) is 4.98 Å². The molecule has 0 unspecified atom stereocenters. The van der Waals surface area contributed by atoms with Gasteiger partial charge in [-0.05, 0) is 55.7 Å². The summed E-state index contributed by atoms with van der Waals surface area (Å²) in [4.78, 5) is 18.9. The van der Waals surface area contributed by atoms with E-state index in [2.05, 4.69) is 15.2 Å². The number of nitrogens with zero attached hydrogens (tertiary/aromatic N) is 2. The monoisotopic (exact) mass is 297 g/mol. The fourth-order valence-electron chi connectivity index (χ4n) is 2.66. The fraction of sp³-hybridized carbons (Fsp3) is 0.294. The number of carbonyl (C=O) groups is 1. The van der Waals surface area contributed by atoms with Gasteiger partial charge >= 0.3 is 0 Å². The molecule has 0 radical (unpaired) electrons. The van der Waals surface area contributed by atoms with Crippen molar-refractivity contribution in [2.45, 2.75) is 19.8 Å². The Morgan fingerprint density at radius 2 is 2.00 bits per heavy atom. The summed E-state index contributed by atoms with van der Waals surface area (Å²) in [5.41, 5.74) is 2.11. The van der Waals surface area contributed by atoms with Gasteiger partial charge in [0, 0.05) is 30.5 Å². The Labute approximate surface area is 129 Å². The molecule has 1 aliphatic heterocycles. The molecule has 2 aromatic rings. The Bertz CT molecular complexity index is 694. The van der Waals surface area contributed by atoms with E-state index in [1.54, 1.807) is 30.5 Å². The number of rotatable bonds is 3. The fourth-order valence-corrected chi connectivity index (χ4v) is 2.66. The highest BCUT2D eigenvalue weighted by Crippen LogP contribution is 2.22. The first-order chi connectivity index (χ1) is 10.6. The lowest BCUT2D eigenvalue weighted by atomic mass is 10.1. The summed E-state index contributed by atoms with van der Waals surface area (Å²) in [6.45, 7) is 3.84. The van der Waals surface area contributed by atoms with E-state index in [-0.39, 0.29) is 11.7 Å². The molecule has 5 nitrogen and oxygen atoms in total. The number of pyridine rings is 1. The van der Waals surface area contributed by atoms with Gasteiger partial charge in [0.25, 0.3) is 5.91 Å². The minimum atomic E-state index is -0.170. The summed E-state index contributed by atoms with van der Waals surface area (Å²) >= 11 is 0. The summed E-state index contributed by atoms with van der Waals surface area (Å²) in [7, 11) is 0. The molecule has 5 heteroatoms. The van der Waals surface area contributed by atoms with Gasteiger partial charge in [-0.15, -0.1) is 0 Å². The van der Waals surface area contributed by atoms with E-state index < -0.39 is 0 Å². The highest BCUT2D eigenvalue weighted by Gasteiger charge is 2.15. The van der Waals surface area contributed by atoms with Crippen LogP contribution in [-0.4, -0.2) is 29.1 Å². The number of hydrogen-bond donors (Lipinski definition) is 2. The standard InChI is InChI=1S/C17H19N3O2/c1-12-10-14(21)4-5-15(12)19-17(22)13-6-7-18-16(11-13)20-8-2-3-9-20/h4-7,10-11,21H,2-3,8-9H2,1H3,(H,19,22). The average molecular weight is 297 g/mol. The van der Waals surface area contributed by atoms with Gasteiger partial charge in [-0.1, -0.05) is 0 Å². The SMILES string of the molecule is Cc1cc(O)ccc1NC(=O)c1ccnc(N2CCCC2)c1. The minimum Gasteiger partial charge on any atom is -0.508 e. The molecule has 2 heterocycles. The Morgan fingerprint density at radius 1 is 1.23 bits per heavy atom. The number of aryl methyl sites for hydroxylation is 1. The summed E-state index contributed by atoms with van der Waals surface area (Å²) in [5, 5.41) is 12.3. The zero-order valence-corrected chi connectivity index (χ0v) is 12.5. The number of nitrogens with one attached hydrogen (secondary N) is 1. The van der Waals surface area contributed by atoms with Crippen LogP contribution < -0.4 is 10.2 Å². The molecule has 0 saturated carbocycles. The van der Waals surface area contributed by atoms with Crippen LogP contribution in [0.4, 0.5) is 11.5 Å². The van der Waals surface area contributed by atoms with Crippen molar-refractivity contribution in [3.63, 3.8) is 0 Å². The molecule has 0 atom stereocenters. The van der Waals surface area contributed by atoms with Crippen molar-refractivity contribution >= 4 is 17.4 Å². The maximum absolute atomic E-state index is 12.4. The molecular weight excluding hydrogens is 278 g/mol. The third-order valence-corrected chi connectivity index (χ3v) is 3.90. The number of carbonyl (C=O) groups excluding carboxylic acids is 1. The third kappa shape index (κ3) is 3.03. The summed E-state index contributed by atoms with van der Waals surface area (Å²) in [6.07, 6.45) is 4.02. The van der Waals surface area contributed by atoms with Crippen molar-refractivity contribution in [3.8, 4) is 5.75 Å². The molecule has 1 aromatic carbocycles. The molecule has 0 aliphatic carbocycles. The van der Waals surface area contributed by atoms with Crippen LogP contribution in [0.15, 0.2) is 36.5 Å². The van der Waals surface area contributed by atoms with Crippen LogP contribution in [-0.2, 0) is 0 Å². The Balaban J connectivity index is 1.78. The second-order valence-corrected chi connectivity index (χ2v) is 5.55. The van der Waals surface area contributed by atoms with Gasteiger partial charge < -0.3 is 15.3 Å². The van der Waals surface area contributed by atoms with Crippen LogP contribution in [0, 0.1) is 6.92 Å². The van der Waals surface area contributed by atoms with Gasteiger partial charge in [-0.25, -0.2) is 4.98 Å². The predicted octanol–water partition coefficient (Wildman–Crippen LogP) is 2.95. The molecule has 3 rings (SSSR count). The molecule has 1 aromatic heterocycles. The first-order valence-corrected chi connectivity index (χ1v) is 7.45. The molecule has 114 valence electrons. The Kier molecular flexibility index (Phi) is 3.96. The van der Waals surface area contributed by atoms with Crippen molar-refractivity contribution in [1.29, 1.82) is 0 Å². The number of phenolic OH excluding ortho intramolecular Hbond substituents is 1. The highest BCUT2D eigenvalue weighted by molar-refractivity contribution is 6.05. The van der Waals surface area contributed by atoms with E-state index in [1.165, 1.54) is 12.8 Å². The van der Waals surface area contributed by atoms with Crippen LogP contribution in [0.3, 0.4) is 0 Å². The number of amides is 1. The zero-order valence-electron chi connectivity index (χ0n) is 12.5. The normalized spacial score (nSPS) is 14.1. The first kappa shape index (κ1) is 14.4. The van der Waals surface area contributed by atoms with Gasteiger partial charge in [0.15, 0.2) is 0 Å². The minimum absolute atomic E-state index is 0.170. The van der Waals surface area contributed by atoms with Crippen molar-refractivity contribution < 1.29 is 9.90 Å². The maximum Gasteiger partial charge on any atom is 0.255 e. The molecule has 1 aliphatic rings. The molecule has 1 fully saturated rings. The van der Waals surface area contributed by atoms with Crippen LogP contribution in [0.25, 0.3) is 0 Å². The number of aromatic hydroxyl groups is 1. The van der Waals surface area contributed by atoms with Crippen molar-refractivity contribution in [2.75, 3.05) is 23.3 Å². The van der Waals surface area contributed by atoms with Crippen LogP contribution in [0.2, 0.25) is 0 Å². The lowest BCUT2D eigenvalue weighted by Gasteiger charge is -2.17. The molecule has 1 saturated heterocycles. The first-order valence-electron chi connectivity index (χ1n) is 7.45. The average Bonchev–Trinajstić information content (AvgIpc) is 3.04. The van der Waals surface area contributed by atoms with Gasteiger partial charge in [-0.3, -0.25) is 4.79 Å². The van der Waals surface area contributed by atoms with E-state index in [9.17, 15) is 9.90 Å². The number of hydrogen-bond acceptors (Lipinski definition) is 4. The Hall–Kier alpha value is -2.56. The van der Waals surface area contributed by atoms with E-state index in [1.807, 2.05) is 13.0 Å². The van der Waals surface area contributed by atoms with Crippen LogP contribution >= 0.6 is 0 Å². The largest absolute Gasteiger partial charge is 0.508 e. The van der Waals surface area contributed by atoms with Gasteiger partial charge in [0.1, 0.15) is 11.6 Å². The third-order valence-electron chi connectivity index (χ3n) is 3.90. The molecular formula is C17H19N3O2. The van der Waals surface area contributed by atoms with Crippen LogP contribution in [0.1, 0.15) is 28.8 Å². The summed E-state index contributed by atoms with van der Waals surface area (Å²) < 4.78 is 0. The summed E-state index contributed by atoms with van der Waals surface area (Å²) in [5.74, 6) is 0.875. The lowest BCUT2D eigenvalue weighted by Crippen LogP contribution is -2.20. The quantitative estimate of drug-likeness (QED) is 0.855. The molecule has 0 spiro atoms. The topological polar surface area (TPSA) is 65.5 Å². The highest BCUT2D eigenvalue weighted by atomic mass is 16.3. The molecule has 0 bridgehead atoms.